The monoisotopic (exact) mass is 371 g/mol. The van der Waals surface area contributed by atoms with Crippen molar-refractivity contribution in [1.29, 1.82) is 0 Å². The lowest BCUT2D eigenvalue weighted by Gasteiger charge is -2.21. The fourth-order valence-electron chi connectivity index (χ4n) is 2.69. The van der Waals surface area contributed by atoms with E-state index in [0.717, 1.165) is 24.3 Å². The molecule has 0 bridgehead atoms. The molecule has 128 valence electrons. The summed E-state index contributed by atoms with van der Waals surface area (Å²) >= 11 is 3.50. The Morgan fingerprint density at radius 3 is 2.71 bits per heavy atom. The molecule has 1 unspecified atom stereocenters. The summed E-state index contributed by atoms with van der Waals surface area (Å²) in [4.78, 5) is 15.5. The molecule has 24 heavy (non-hydrogen) atoms. The Hall–Kier alpha value is -1.47. The van der Waals surface area contributed by atoms with Crippen molar-refractivity contribution in [1.82, 2.24) is 4.90 Å². The fraction of sp³-hybridized carbons (Fsp3) is 0.353. The zero-order chi connectivity index (χ0) is 17.2. The van der Waals surface area contributed by atoms with E-state index in [9.17, 15) is 18.0 Å². The van der Waals surface area contributed by atoms with Crippen molar-refractivity contribution in [3.8, 4) is 0 Å². The number of hydrogen-bond donors (Lipinski definition) is 0. The van der Waals surface area contributed by atoms with Gasteiger partial charge in [-0.15, -0.1) is 11.3 Å². The minimum absolute atomic E-state index is 0.101. The highest BCUT2D eigenvalue weighted by molar-refractivity contribution is 7.99. The SMILES string of the molecule is O=C(c1cccc(C(F)(F)F)c1)N1CCSC(c2cccs2)CC1. The van der Waals surface area contributed by atoms with Gasteiger partial charge in [0, 0.05) is 34.5 Å². The van der Waals surface area contributed by atoms with Gasteiger partial charge in [-0.25, -0.2) is 0 Å². The summed E-state index contributed by atoms with van der Waals surface area (Å²) in [5.41, 5.74) is -0.682. The van der Waals surface area contributed by atoms with Gasteiger partial charge < -0.3 is 4.90 Å². The maximum Gasteiger partial charge on any atom is 0.416 e. The van der Waals surface area contributed by atoms with Gasteiger partial charge in [-0.2, -0.15) is 24.9 Å². The van der Waals surface area contributed by atoms with Crippen LogP contribution in [0.5, 0.6) is 0 Å². The van der Waals surface area contributed by atoms with Crippen molar-refractivity contribution >= 4 is 29.0 Å². The van der Waals surface area contributed by atoms with Crippen molar-refractivity contribution in [2.45, 2.75) is 17.8 Å². The molecule has 1 aliphatic heterocycles. The van der Waals surface area contributed by atoms with Gasteiger partial charge in [-0.05, 0) is 36.1 Å². The molecule has 1 aliphatic rings. The number of carbonyl (C=O) groups excluding carboxylic acids is 1. The quantitative estimate of drug-likeness (QED) is 0.733. The van der Waals surface area contributed by atoms with Crippen LogP contribution < -0.4 is 0 Å². The van der Waals surface area contributed by atoms with Crippen molar-refractivity contribution < 1.29 is 18.0 Å². The molecule has 1 aromatic carbocycles. The molecule has 0 aliphatic carbocycles. The van der Waals surface area contributed by atoms with E-state index >= 15 is 0 Å². The molecule has 2 aromatic rings. The summed E-state index contributed by atoms with van der Waals surface area (Å²) in [5, 5.41) is 2.39. The van der Waals surface area contributed by atoms with Gasteiger partial charge in [0.25, 0.3) is 5.91 Å². The van der Waals surface area contributed by atoms with Crippen LogP contribution in [-0.4, -0.2) is 29.6 Å². The Bertz CT molecular complexity index is 700. The number of thiophene rings is 1. The lowest BCUT2D eigenvalue weighted by Crippen LogP contribution is -2.33. The lowest BCUT2D eigenvalue weighted by atomic mass is 10.1. The summed E-state index contributed by atoms with van der Waals surface area (Å²) < 4.78 is 38.5. The molecule has 2 nitrogen and oxygen atoms in total. The maximum absolute atomic E-state index is 12.8. The Labute approximate surface area is 146 Å². The summed E-state index contributed by atoms with van der Waals surface area (Å²) in [6, 6.07) is 8.77. The Morgan fingerprint density at radius 1 is 1.17 bits per heavy atom. The van der Waals surface area contributed by atoms with Crippen LogP contribution in [0.4, 0.5) is 13.2 Å². The second-order valence-corrected chi connectivity index (χ2v) is 7.82. The van der Waals surface area contributed by atoms with Gasteiger partial charge in [0.1, 0.15) is 0 Å². The molecule has 1 saturated heterocycles. The molecular weight excluding hydrogens is 355 g/mol. The van der Waals surface area contributed by atoms with Crippen LogP contribution in [0, 0.1) is 0 Å². The Kier molecular flexibility index (Phi) is 5.20. The minimum atomic E-state index is -4.44. The number of halogens is 3. The number of amides is 1. The standard InChI is InChI=1S/C17H16F3NOS2/c18-17(19,20)13-4-1-3-12(11-13)16(22)21-7-6-15(24-10-8-21)14-5-2-9-23-14/h1-5,9,11,15H,6-8,10H2. The van der Waals surface area contributed by atoms with Crippen molar-refractivity contribution in [3.05, 3.63) is 57.8 Å². The lowest BCUT2D eigenvalue weighted by molar-refractivity contribution is -0.137. The summed E-state index contributed by atoms with van der Waals surface area (Å²) in [6.45, 7) is 1.12. The van der Waals surface area contributed by atoms with E-state index in [1.54, 1.807) is 28.0 Å². The second-order valence-electron chi connectivity index (χ2n) is 5.53. The molecule has 1 atom stereocenters. The number of thioether (sulfide) groups is 1. The van der Waals surface area contributed by atoms with Crippen LogP contribution in [0.2, 0.25) is 0 Å². The van der Waals surface area contributed by atoms with Gasteiger partial charge in [0.15, 0.2) is 0 Å². The first-order valence-electron chi connectivity index (χ1n) is 7.56. The summed E-state index contributed by atoms with van der Waals surface area (Å²) in [7, 11) is 0. The van der Waals surface area contributed by atoms with Crippen LogP contribution in [0.15, 0.2) is 41.8 Å². The summed E-state index contributed by atoms with van der Waals surface area (Å²) in [6.07, 6.45) is -3.62. The highest BCUT2D eigenvalue weighted by Crippen LogP contribution is 2.37. The van der Waals surface area contributed by atoms with Gasteiger partial charge in [-0.3, -0.25) is 4.79 Å². The third-order valence-corrected chi connectivity index (χ3v) is 6.37. The number of nitrogens with zero attached hydrogens (tertiary/aromatic N) is 1. The normalized spacial score (nSPS) is 19.1. The molecule has 1 amide bonds. The Morgan fingerprint density at radius 2 is 2.00 bits per heavy atom. The molecule has 0 radical (unpaired) electrons. The van der Waals surface area contributed by atoms with E-state index in [2.05, 4.69) is 6.07 Å². The van der Waals surface area contributed by atoms with E-state index in [1.807, 2.05) is 11.4 Å². The predicted octanol–water partition coefficient (Wildman–Crippen LogP) is 5.09. The fourth-order valence-corrected chi connectivity index (χ4v) is 4.92. The molecular formula is C17H16F3NOS2. The van der Waals surface area contributed by atoms with Crippen LogP contribution in [-0.2, 0) is 6.18 Å². The van der Waals surface area contributed by atoms with E-state index in [0.29, 0.717) is 18.3 Å². The van der Waals surface area contributed by atoms with E-state index in [4.69, 9.17) is 0 Å². The molecule has 0 spiro atoms. The van der Waals surface area contributed by atoms with Crippen LogP contribution in [0.1, 0.15) is 32.5 Å². The van der Waals surface area contributed by atoms with Crippen molar-refractivity contribution in [2.75, 3.05) is 18.8 Å². The van der Waals surface area contributed by atoms with Crippen molar-refractivity contribution in [3.63, 3.8) is 0 Å². The molecule has 7 heteroatoms. The third kappa shape index (κ3) is 3.95. The maximum atomic E-state index is 12.8. The summed E-state index contributed by atoms with van der Waals surface area (Å²) in [5.74, 6) is 0.460. The number of alkyl halides is 3. The molecule has 0 saturated carbocycles. The van der Waals surface area contributed by atoms with Crippen LogP contribution >= 0.6 is 23.1 Å². The van der Waals surface area contributed by atoms with E-state index in [1.165, 1.54) is 17.0 Å². The highest BCUT2D eigenvalue weighted by atomic mass is 32.2. The first-order valence-corrected chi connectivity index (χ1v) is 9.49. The number of benzene rings is 1. The number of hydrogen-bond acceptors (Lipinski definition) is 3. The zero-order valence-corrected chi connectivity index (χ0v) is 14.4. The van der Waals surface area contributed by atoms with Crippen LogP contribution in [0.25, 0.3) is 0 Å². The number of carbonyl (C=O) groups is 1. The Balaban J connectivity index is 1.71. The van der Waals surface area contributed by atoms with E-state index < -0.39 is 11.7 Å². The van der Waals surface area contributed by atoms with Crippen molar-refractivity contribution in [2.24, 2.45) is 0 Å². The average Bonchev–Trinajstić information content (AvgIpc) is 2.98. The van der Waals surface area contributed by atoms with Gasteiger partial charge >= 0.3 is 6.18 Å². The predicted molar refractivity (Wildman–Crippen MR) is 91.5 cm³/mol. The number of rotatable bonds is 2. The van der Waals surface area contributed by atoms with Crippen LogP contribution in [0.3, 0.4) is 0 Å². The molecule has 1 fully saturated rings. The third-order valence-electron chi connectivity index (χ3n) is 3.93. The van der Waals surface area contributed by atoms with Gasteiger partial charge in [0.05, 0.1) is 5.56 Å². The smallest absolute Gasteiger partial charge is 0.338 e. The topological polar surface area (TPSA) is 20.3 Å². The average molecular weight is 371 g/mol. The largest absolute Gasteiger partial charge is 0.416 e. The first-order chi connectivity index (χ1) is 11.4. The second kappa shape index (κ2) is 7.19. The van der Waals surface area contributed by atoms with E-state index in [-0.39, 0.29) is 11.5 Å². The minimum Gasteiger partial charge on any atom is -0.338 e. The molecule has 3 rings (SSSR count). The van der Waals surface area contributed by atoms with Gasteiger partial charge in [-0.1, -0.05) is 12.1 Å². The first kappa shape index (κ1) is 17.4. The van der Waals surface area contributed by atoms with Gasteiger partial charge in [0.2, 0.25) is 0 Å². The molecule has 0 N–H and O–H groups in total. The zero-order valence-electron chi connectivity index (χ0n) is 12.8. The molecule has 2 heterocycles. The molecule has 1 aromatic heterocycles. The highest BCUT2D eigenvalue weighted by Gasteiger charge is 2.31.